The number of nitrogens with one attached hydrogen (secondary N) is 1. The van der Waals surface area contributed by atoms with E-state index in [9.17, 15) is 9.59 Å². The predicted molar refractivity (Wildman–Crippen MR) is 89.2 cm³/mol. The maximum absolute atomic E-state index is 12.4. The molecular formula is C18H19N3O2. The van der Waals surface area contributed by atoms with Gasteiger partial charge in [0.2, 0.25) is 11.8 Å². The second kappa shape index (κ2) is 6.20. The minimum absolute atomic E-state index is 0.0215. The molecule has 1 aromatic heterocycles. The molecule has 0 radical (unpaired) electrons. The van der Waals surface area contributed by atoms with Crippen molar-refractivity contribution in [2.75, 3.05) is 16.8 Å². The number of amides is 2. The van der Waals surface area contributed by atoms with E-state index in [2.05, 4.69) is 10.3 Å². The van der Waals surface area contributed by atoms with Crippen molar-refractivity contribution < 1.29 is 9.59 Å². The molecular weight excluding hydrogens is 290 g/mol. The highest BCUT2D eigenvalue weighted by Gasteiger charge is 2.35. The summed E-state index contributed by atoms with van der Waals surface area (Å²) >= 11 is 0. The van der Waals surface area contributed by atoms with Crippen LogP contribution < -0.4 is 10.2 Å². The highest BCUT2D eigenvalue weighted by atomic mass is 16.2. The molecule has 0 spiro atoms. The quantitative estimate of drug-likeness (QED) is 0.948. The molecule has 1 unspecified atom stereocenters. The maximum Gasteiger partial charge on any atom is 0.230 e. The number of hydrogen-bond donors (Lipinski definition) is 1. The molecule has 1 saturated heterocycles. The molecule has 0 saturated carbocycles. The zero-order valence-electron chi connectivity index (χ0n) is 13.2. The molecule has 1 aliphatic heterocycles. The molecule has 3 rings (SSSR count). The van der Waals surface area contributed by atoms with E-state index in [4.69, 9.17) is 0 Å². The van der Waals surface area contributed by atoms with Gasteiger partial charge in [0, 0.05) is 24.8 Å². The van der Waals surface area contributed by atoms with Crippen LogP contribution in [0.15, 0.2) is 42.6 Å². The molecule has 0 aliphatic carbocycles. The number of pyridine rings is 1. The number of carbonyl (C=O) groups excluding carboxylic acids is 2. The van der Waals surface area contributed by atoms with Crippen LogP contribution in [-0.2, 0) is 9.59 Å². The number of carbonyl (C=O) groups is 2. The molecule has 0 bridgehead atoms. The van der Waals surface area contributed by atoms with Crippen LogP contribution in [0.25, 0.3) is 0 Å². The molecule has 1 fully saturated rings. The van der Waals surface area contributed by atoms with Crippen molar-refractivity contribution in [3.8, 4) is 0 Å². The first-order valence-electron chi connectivity index (χ1n) is 7.64. The van der Waals surface area contributed by atoms with Gasteiger partial charge in [-0.15, -0.1) is 0 Å². The number of rotatable bonds is 3. The van der Waals surface area contributed by atoms with Crippen molar-refractivity contribution in [3.05, 3.63) is 53.7 Å². The highest BCUT2D eigenvalue weighted by Crippen LogP contribution is 2.26. The van der Waals surface area contributed by atoms with E-state index in [1.165, 1.54) is 0 Å². The molecule has 118 valence electrons. The Morgan fingerprint density at radius 2 is 1.96 bits per heavy atom. The van der Waals surface area contributed by atoms with Crippen LogP contribution in [0.4, 0.5) is 11.5 Å². The standard InChI is InChI=1S/C18H19N3O2/c1-12-5-7-15(8-6-12)21-11-14(10-16(21)22)18(23)20-17-13(2)4-3-9-19-17/h3-9,14H,10-11H2,1-2H3,(H,19,20,23). The second-order valence-corrected chi connectivity index (χ2v) is 5.90. The third kappa shape index (κ3) is 3.23. The zero-order chi connectivity index (χ0) is 16.4. The van der Waals surface area contributed by atoms with Crippen LogP contribution in [0, 0.1) is 19.8 Å². The first-order valence-corrected chi connectivity index (χ1v) is 7.64. The van der Waals surface area contributed by atoms with Gasteiger partial charge in [-0.1, -0.05) is 23.8 Å². The van der Waals surface area contributed by atoms with E-state index >= 15 is 0 Å². The number of anilines is 2. The van der Waals surface area contributed by atoms with Crippen LogP contribution in [0.1, 0.15) is 17.5 Å². The summed E-state index contributed by atoms with van der Waals surface area (Å²) in [6.45, 7) is 4.29. The second-order valence-electron chi connectivity index (χ2n) is 5.90. The number of aromatic nitrogens is 1. The molecule has 1 N–H and O–H groups in total. The minimum atomic E-state index is -0.356. The Kier molecular flexibility index (Phi) is 4.10. The predicted octanol–water partition coefficient (Wildman–Crippen LogP) is 2.69. The number of benzene rings is 1. The van der Waals surface area contributed by atoms with Gasteiger partial charge < -0.3 is 10.2 Å². The van der Waals surface area contributed by atoms with Crippen molar-refractivity contribution >= 4 is 23.3 Å². The van der Waals surface area contributed by atoms with Crippen molar-refractivity contribution in [1.29, 1.82) is 0 Å². The molecule has 2 amide bonds. The normalized spacial score (nSPS) is 17.4. The van der Waals surface area contributed by atoms with Gasteiger partial charge in [0.05, 0.1) is 5.92 Å². The fourth-order valence-corrected chi connectivity index (χ4v) is 2.69. The summed E-state index contributed by atoms with van der Waals surface area (Å²) < 4.78 is 0. The molecule has 23 heavy (non-hydrogen) atoms. The van der Waals surface area contributed by atoms with Crippen molar-refractivity contribution in [1.82, 2.24) is 4.98 Å². The molecule has 2 heterocycles. The van der Waals surface area contributed by atoms with Crippen LogP contribution in [-0.4, -0.2) is 23.3 Å². The van der Waals surface area contributed by atoms with Crippen LogP contribution >= 0.6 is 0 Å². The summed E-state index contributed by atoms with van der Waals surface area (Å²) in [6, 6.07) is 11.5. The van der Waals surface area contributed by atoms with Crippen LogP contribution in [0.3, 0.4) is 0 Å². The van der Waals surface area contributed by atoms with E-state index in [0.29, 0.717) is 12.4 Å². The number of hydrogen-bond acceptors (Lipinski definition) is 3. The lowest BCUT2D eigenvalue weighted by Crippen LogP contribution is -2.28. The van der Waals surface area contributed by atoms with Gasteiger partial charge in [-0.25, -0.2) is 4.98 Å². The highest BCUT2D eigenvalue weighted by molar-refractivity contribution is 6.03. The average molecular weight is 309 g/mol. The summed E-state index contributed by atoms with van der Waals surface area (Å²) in [4.78, 5) is 30.5. The lowest BCUT2D eigenvalue weighted by molar-refractivity contribution is -0.122. The van der Waals surface area contributed by atoms with E-state index in [1.807, 2.05) is 50.2 Å². The first kappa shape index (κ1) is 15.2. The molecule has 1 atom stereocenters. The first-order chi connectivity index (χ1) is 11.0. The van der Waals surface area contributed by atoms with E-state index in [-0.39, 0.29) is 24.2 Å². The smallest absolute Gasteiger partial charge is 0.230 e. The van der Waals surface area contributed by atoms with Gasteiger partial charge in [-0.3, -0.25) is 9.59 Å². The number of nitrogens with zero attached hydrogens (tertiary/aromatic N) is 2. The van der Waals surface area contributed by atoms with Gasteiger partial charge in [0.25, 0.3) is 0 Å². The Labute approximate surface area is 135 Å². The number of aryl methyl sites for hydroxylation is 2. The van der Waals surface area contributed by atoms with Gasteiger partial charge in [-0.2, -0.15) is 0 Å². The van der Waals surface area contributed by atoms with Crippen LogP contribution in [0.5, 0.6) is 0 Å². The summed E-state index contributed by atoms with van der Waals surface area (Å²) in [5.74, 6) is 0.0189. The maximum atomic E-state index is 12.4. The van der Waals surface area contributed by atoms with E-state index in [0.717, 1.165) is 16.8 Å². The van der Waals surface area contributed by atoms with Gasteiger partial charge >= 0.3 is 0 Å². The van der Waals surface area contributed by atoms with Crippen molar-refractivity contribution in [2.24, 2.45) is 5.92 Å². The van der Waals surface area contributed by atoms with Gasteiger partial charge in [0.1, 0.15) is 5.82 Å². The largest absolute Gasteiger partial charge is 0.312 e. The molecule has 1 aromatic carbocycles. The Balaban J connectivity index is 1.71. The van der Waals surface area contributed by atoms with Gasteiger partial charge in [-0.05, 0) is 37.6 Å². The summed E-state index contributed by atoms with van der Waals surface area (Å²) in [5, 5.41) is 2.82. The van der Waals surface area contributed by atoms with Gasteiger partial charge in [0.15, 0.2) is 0 Å². The Bertz CT molecular complexity index is 740. The fourth-order valence-electron chi connectivity index (χ4n) is 2.69. The Morgan fingerprint density at radius 1 is 1.22 bits per heavy atom. The molecule has 1 aliphatic rings. The van der Waals surface area contributed by atoms with Crippen molar-refractivity contribution in [3.63, 3.8) is 0 Å². The minimum Gasteiger partial charge on any atom is -0.312 e. The Hall–Kier alpha value is -2.69. The summed E-state index contributed by atoms with van der Waals surface area (Å²) in [5.41, 5.74) is 2.88. The van der Waals surface area contributed by atoms with Crippen molar-refractivity contribution in [2.45, 2.75) is 20.3 Å². The van der Waals surface area contributed by atoms with E-state index < -0.39 is 0 Å². The zero-order valence-corrected chi connectivity index (χ0v) is 13.2. The van der Waals surface area contributed by atoms with Crippen LogP contribution in [0.2, 0.25) is 0 Å². The lowest BCUT2D eigenvalue weighted by Gasteiger charge is -2.17. The molecule has 5 heteroatoms. The topological polar surface area (TPSA) is 62.3 Å². The third-order valence-corrected chi connectivity index (χ3v) is 4.09. The summed E-state index contributed by atoms with van der Waals surface area (Å²) in [7, 11) is 0. The Morgan fingerprint density at radius 3 is 2.65 bits per heavy atom. The third-order valence-electron chi connectivity index (χ3n) is 4.09. The van der Waals surface area contributed by atoms with E-state index in [1.54, 1.807) is 11.1 Å². The summed E-state index contributed by atoms with van der Waals surface area (Å²) in [6.07, 6.45) is 1.87. The SMILES string of the molecule is Cc1ccc(N2CC(C(=O)Nc3ncccc3C)CC2=O)cc1. The monoisotopic (exact) mass is 309 g/mol. The fraction of sp³-hybridized carbons (Fsp3) is 0.278. The lowest BCUT2D eigenvalue weighted by atomic mass is 10.1. The molecule has 2 aromatic rings. The average Bonchev–Trinajstić information content (AvgIpc) is 2.92. The molecule has 5 nitrogen and oxygen atoms in total.